The summed E-state index contributed by atoms with van der Waals surface area (Å²) in [4.78, 5) is 0. The van der Waals surface area contributed by atoms with Gasteiger partial charge in [-0.1, -0.05) is 41.9 Å². The third-order valence-electron chi connectivity index (χ3n) is 2.41. The Morgan fingerprint density at radius 1 is 1.17 bits per heavy atom. The average molecular weight is 317 g/mol. The molecule has 0 fully saturated rings. The highest BCUT2D eigenvalue weighted by Crippen LogP contribution is 2.35. The lowest BCUT2D eigenvalue weighted by molar-refractivity contribution is 0.0118. The molecular weight excluding hydrogens is 306 g/mol. The van der Waals surface area contributed by atoms with Crippen molar-refractivity contribution in [3.05, 3.63) is 46.1 Å². The molecule has 96 valence electrons. The molecule has 0 radical (unpaired) electrons. The zero-order valence-electron chi connectivity index (χ0n) is 9.82. The number of hydrogen-bond acceptors (Lipinski definition) is 3. The maximum Gasteiger partial charge on any atom is 0.349 e. The van der Waals surface area contributed by atoms with Crippen molar-refractivity contribution in [3.63, 3.8) is 0 Å². The fourth-order valence-corrected chi connectivity index (χ4v) is 1.64. The first-order valence-corrected chi connectivity index (χ1v) is 6.18. The highest BCUT2D eigenvalue weighted by atomic mass is 79.9. The second-order valence-corrected chi connectivity index (χ2v) is 5.10. The van der Waals surface area contributed by atoms with Crippen LogP contribution in [0.15, 0.2) is 33.2 Å². The summed E-state index contributed by atoms with van der Waals surface area (Å²) in [6, 6.07) is 5.73. The predicted octanol–water partition coefficient (Wildman–Crippen LogP) is 4.10. The number of rotatable bonds is 3. The van der Waals surface area contributed by atoms with Crippen LogP contribution in [0.5, 0.6) is 0 Å². The smallest absolute Gasteiger partial charge is 0.349 e. The van der Waals surface area contributed by atoms with Crippen LogP contribution in [0.3, 0.4) is 0 Å². The highest BCUT2D eigenvalue weighted by Gasteiger charge is 2.40. The van der Waals surface area contributed by atoms with Crippen LogP contribution in [0.25, 0.3) is 0 Å². The van der Waals surface area contributed by atoms with Gasteiger partial charge in [0.1, 0.15) is 0 Å². The summed E-state index contributed by atoms with van der Waals surface area (Å²) in [5, 5.41) is 7.05. The highest BCUT2D eigenvalue weighted by molar-refractivity contribution is 9.10. The minimum Gasteiger partial charge on any atom is -0.419 e. The minimum absolute atomic E-state index is 0.0769. The molecule has 0 aliphatic rings. The molecule has 0 aliphatic heterocycles. The Kier molecular flexibility index (Phi) is 3.47. The van der Waals surface area contributed by atoms with E-state index < -0.39 is 11.8 Å². The van der Waals surface area contributed by atoms with E-state index in [4.69, 9.17) is 4.42 Å². The van der Waals surface area contributed by atoms with Crippen LogP contribution in [0.2, 0.25) is 0 Å². The topological polar surface area (TPSA) is 38.9 Å². The predicted molar refractivity (Wildman–Crippen MR) is 65.5 cm³/mol. The van der Waals surface area contributed by atoms with E-state index in [1.165, 1.54) is 12.1 Å². The zero-order valence-corrected chi connectivity index (χ0v) is 11.4. The number of benzene rings is 1. The van der Waals surface area contributed by atoms with Gasteiger partial charge in [0.2, 0.25) is 5.89 Å². The lowest BCUT2D eigenvalue weighted by Gasteiger charge is -2.12. The first-order chi connectivity index (χ1) is 8.41. The Labute approximate surface area is 111 Å². The van der Waals surface area contributed by atoms with Crippen molar-refractivity contribution in [2.45, 2.75) is 25.7 Å². The van der Waals surface area contributed by atoms with Crippen LogP contribution >= 0.6 is 15.9 Å². The lowest BCUT2D eigenvalue weighted by Crippen LogP contribution is -2.15. The van der Waals surface area contributed by atoms with Gasteiger partial charge in [0.05, 0.1) is 0 Å². The van der Waals surface area contributed by atoms with Crippen molar-refractivity contribution in [1.82, 2.24) is 10.2 Å². The van der Waals surface area contributed by atoms with E-state index in [9.17, 15) is 8.78 Å². The zero-order chi connectivity index (χ0) is 13.3. The van der Waals surface area contributed by atoms with Crippen molar-refractivity contribution in [1.29, 1.82) is 0 Å². The van der Waals surface area contributed by atoms with Gasteiger partial charge in [-0.3, -0.25) is 0 Å². The Morgan fingerprint density at radius 3 is 2.28 bits per heavy atom. The maximum atomic E-state index is 14.1. The van der Waals surface area contributed by atoms with E-state index in [1.807, 2.05) is 0 Å². The van der Waals surface area contributed by atoms with Crippen LogP contribution in [0.1, 0.15) is 37.1 Å². The number of alkyl halides is 2. The normalized spacial score (nSPS) is 12.1. The van der Waals surface area contributed by atoms with Crippen molar-refractivity contribution >= 4 is 15.9 Å². The summed E-state index contributed by atoms with van der Waals surface area (Å²) in [6.45, 7) is 3.60. The van der Waals surface area contributed by atoms with Gasteiger partial charge in [-0.05, 0) is 12.1 Å². The van der Waals surface area contributed by atoms with Gasteiger partial charge < -0.3 is 4.42 Å². The van der Waals surface area contributed by atoms with Gasteiger partial charge in [-0.25, -0.2) is 0 Å². The molecule has 0 atom stereocenters. The van der Waals surface area contributed by atoms with Gasteiger partial charge in [-0.2, -0.15) is 8.78 Å². The third kappa shape index (κ3) is 2.43. The van der Waals surface area contributed by atoms with Crippen molar-refractivity contribution in [3.8, 4) is 0 Å². The Hall–Kier alpha value is -1.30. The Balaban J connectivity index is 2.37. The van der Waals surface area contributed by atoms with Gasteiger partial charge in [-0.15, -0.1) is 10.2 Å². The number of nitrogens with zero attached hydrogens (tertiary/aromatic N) is 2. The Morgan fingerprint density at radius 2 is 1.78 bits per heavy atom. The molecule has 0 bridgehead atoms. The Bertz CT molecular complexity index is 537. The van der Waals surface area contributed by atoms with E-state index in [0.717, 1.165) is 4.47 Å². The molecule has 0 unspecified atom stereocenters. The van der Waals surface area contributed by atoms with Gasteiger partial charge >= 0.3 is 5.92 Å². The van der Waals surface area contributed by atoms with Crippen LogP contribution in [-0.4, -0.2) is 10.2 Å². The maximum absolute atomic E-state index is 14.1. The number of halogens is 3. The first-order valence-electron chi connectivity index (χ1n) is 5.39. The fraction of sp³-hybridized carbons (Fsp3) is 0.333. The fourth-order valence-electron chi connectivity index (χ4n) is 1.38. The summed E-state index contributed by atoms with van der Waals surface area (Å²) in [7, 11) is 0. The summed E-state index contributed by atoms with van der Waals surface area (Å²) in [6.07, 6.45) is 0. The molecule has 0 aliphatic carbocycles. The number of aromatic nitrogens is 2. The molecule has 18 heavy (non-hydrogen) atoms. The molecule has 6 heteroatoms. The third-order valence-corrected chi connectivity index (χ3v) is 2.94. The van der Waals surface area contributed by atoms with E-state index in [1.54, 1.807) is 26.0 Å². The second kappa shape index (κ2) is 4.76. The van der Waals surface area contributed by atoms with Crippen molar-refractivity contribution in [2.24, 2.45) is 0 Å². The van der Waals surface area contributed by atoms with Crippen LogP contribution in [0, 0.1) is 0 Å². The largest absolute Gasteiger partial charge is 0.419 e. The van der Waals surface area contributed by atoms with E-state index in [-0.39, 0.29) is 17.4 Å². The van der Waals surface area contributed by atoms with Crippen molar-refractivity contribution < 1.29 is 13.2 Å². The monoisotopic (exact) mass is 316 g/mol. The number of hydrogen-bond donors (Lipinski definition) is 0. The summed E-state index contributed by atoms with van der Waals surface area (Å²) >= 11 is 3.20. The summed E-state index contributed by atoms with van der Waals surface area (Å²) in [5.41, 5.74) is -0.176. The minimum atomic E-state index is -3.28. The van der Waals surface area contributed by atoms with E-state index in [0.29, 0.717) is 0 Å². The van der Waals surface area contributed by atoms with Crippen molar-refractivity contribution in [2.75, 3.05) is 0 Å². The molecule has 2 aromatic rings. The van der Waals surface area contributed by atoms with Crippen LogP contribution < -0.4 is 0 Å². The molecule has 0 saturated heterocycles. The molecule has 1 heterocycles. The average Bonchev–Trinajstić information content (AvgIpc) is 2.79. The molecular formula is C12H11BrF2N2O. The van der Waals surface area contributed by atoms with E-state index >= 15 is 0 Å². The van der Waals surface area contributed by atoms with Crippen LogP contribution in [0.4, 0.5) is 8.78 Å². The standard InChI is InChI=1S/C12H11BrF2N2O/c1-7(2)10-16-17-11(18-10)12(14,15)8-3-5-9(13)6-4-8/h3-7H,1-2H3. The quantitative estimate of drug-likeness (QED) is 0.856. The van der Waals surface area contributed by atoms with Gasteiger partial charge in [0.15, 0.2) is 0 Å². The molecule has 1 aromatic heterocycles. The molecule has 0 N–H and O–H groups in total. The summed E-state index contributed by atoms with van der Waals surface area (Å²) < 4.78 is 33.9. The lowest BCUT2D eigenvalue weighted by atomic mass is 10.1. The second-order valence-electron chi connectivity index (χ2n) is 4.18. The molecule has 0 amide bonds. The molecule has 0 saturated carbocycles. The van der Waals surface area contributed by atoms with Gasteiger partial charge in [0.25, 0.3) is 5.89 Å². The van der Waals surface area contributed by atoms with Gasteiger partial charge in [0, 0.05) is 16.0 Å². The summed E-state index contributed by atoms with van der Waals surface area (Å²) in [5.74, 6) is -3.82. The van der Waals surface area contributed by atoms with Crippen LogP contribution in [-0.2, 0) is 5.92 Å². The molecule has 2 rings (SSSR count). The van der Waals surface area contributed by atoms with E-state index in [2.05, 4.69) is 26.1 Å². The molecule has 3 nitrogen and oxygen atoms in total. The SMILES string of the molecule is CC(C)c1nnc(C(F)(F)c2ccc(Br)cc2)o1. The molecule has 1 aromatic carbocycles. The molecule has 0 spiro atoms. The first kappa shape index (κ1) is 13.1.